The second kappa shape index (κ2) is 14.9. The van der Waals surface area contributed by atoms with E-state index in [1.54, 1.807) is 0 Å². The van der Waals surface area contributed by atoms with Gasteiger partial charge in [0.25, 0.3) is 0 Å². The van der Waals surface area contributed by atoms with Crippen LogP contribution in [0.2, 0.25) is 0 Å². The third kappa shape index (κ3) is 15.3. The number of carbonyl (C=O) groups is 2. The predicted molar refractivity (Wildman–Crippen MR) is 89.1 cm³/mol. The van der Waals surface area contributed by atoms with Crippen molar-refractivity contribution in [3.05, 3.63) is 0 Å². The largest absolute Gasteiger partial charge is 0.481 e. The summed E-state index contributed by atoms with van der Waals surface area (Å²) in [5, 5.41) is 17.1. The monoisotopic (exact) mass is 314 g/mol. The van der Waals surface area contributed by atoms with Gasteiger partial charge in [-0.25, -0.2) is 0 Å². The van der Waals surface area contributed by atoms with Gasteiger partial charge in [0.2, 0.25) is 0 Å². The van der Waals surface area contributed by atoms with Gasteiger partial charge in [0, 0.05) is 12.8 Å². The smallest absolute Gasteiger partial charge is 0.303 e. The molecule has 0 aromatic heterocycles. The van der Waals surface area contributed by atoms with Crippen molar-refractivity contribution in [2.75, 3.05) is 0 Å². The second-order valence-corrected chi connectivity index (χ2v) is 6.32. The molecule has 4 heteroatoms. The Morgan fingerprint density at radius 3 is 1.50 bits per heavy atom. The van der Waals surface area contributed by atoms with Gasteiger partial charge < -0.3 is 10.2 Å². The third-order valence-electron chi connectivity index (χ3n) is 4.33. The molecule has 0 saturated carbocycles. The molecule has 0 radical (unpaired) electrons. The Kier molecular flexibility index (Phi) is 14.1. The van der Waals surface area contributed by atoms with E-state index >= 15 is 0 Å². The molecule has 0 amide bonds. The van der Waals surface area contributed by atoms with E-state index in [2.05, 4.69) is 6.92 Å². The highest BCUT2D eigenvalue weighted by Crippen LogP contribution is 2.21. The minimum absolute atomic E-state index is 0.304. The minimum atomic E-state index is -0.686. The molecule has 0 aliphatic heterocycles. The molecule has 0 spiro atoms. The zero-order valence-electron chi connectivity index (χ0n) is 14.2. The van der Waals surface area contributed by atoms with Crippen LogP contribution in [0.1, 0.15) is 96.8 Å². The van der Waals surface area contributed by atoms with Crippen LogP contribution in [0, 0.1) is 5.92 Å². The molecule has 130 valence electrons. The molecular formula is C18H34O4. The zero-order valence-corrected chi connectivity index (χ0v) is 14.2. The zero-order chi connectivity index (χ0) is 16.6. The first-order chi connectivity index (χ1) is 10.6. The summed E-state index contributed by atoms with van der Waals surface area (Å²) in [6.45, 7) is 2.23. The predicted octanol–water partition coefficient (Wildman–Crippen LogP) is 5.25. The van der Waals surface area contributed by atoms with Crippen LogP contribution < -0.4 is 0 Å². The van der Waals surface area contributed by atoms with Crippen LogP contribution in [0.15, 0.2) is 0 Å². The Balaban J connectivity index is 3.35. The van der Waals surface area contributed by atoms with Gasteiger partial charge in [0.15, 0.2) is 0 Å². The topological polar surface area (TPSA) is 74.6 Å². The quantitative estimate of drug-likeness (QED) is 0.381. The molecule has 4 nitrogen and oxygen atoms in total. The van der Waals surface area contributed by atoms with Crippen molar-refractivity contribution in [2.45, 2.75) is 96.8 Å². The van der Waals surface area contributed by atoms with Gasteiger partial charge in [-0.05, 0) is 18.8 Å². The molecule has 0 heterocycles. The number of unbranched alkanes of at least 4 members (excludes halogenated alkanes) is 7. The summed E-state index contributed by atoms with van der Waals surface area (Å²) in [5.74, 6) is -0.616. The normalized spacial score (nSPS) is 12.2. The number of aliphatic carboxylic acids is 2. The number of carboxylic acids is 2. The molecule has 2 N–H and O–H groups in total. The van der Waals surface area contributed by atoms with E-state index in [1.807, 2.05) is 0 Å². The average molecular weight is 314 g/mol. The summed E-state index contributed by atoms with van der Waals surface area (Å²) in [6.07, 6.45) is 14.1. The van der Waals surface area contributed by atoms with Crippen molar-refractivity contribution in [3.8, 4) is 0 Å². The molecule has 22 heavy (non-hydrogen) atoms. The fourth-order valence-corrected chi connectivity index (χ4v) is 2.85. The van der Waals surface area contributed by atoms with Crippen LogP contribution in [0.3, 0.4) is 0 Å². The lowest BCUT2D eigenvalue weighted by Crippen LogP contribution is -2.00. The van der Waals surface area contributed by atoms with Gasteiger partial charge in [-0.2, -0.15) is 0 Å². The SMILES string of the molecule is CCC(CCCCCCCCCC(=O)O)CCCCC(=O)O. The number of hydrogen-bond donors (Lipinski definition) is 2. The highest BCUT2D eigenvalue weighted by molar-refractivity contribution is 5.66. The standard InChI is InChI=1S/C18H34O4/c1-2-16(13-10-11-15-18(21)22)12-8-6-4-3-5-7-9-14-17(19)20/h16H,2-15H2,1H3,(H,19,20)(H,21,22). The van der Waals surface area contributed by atoms with Crippen LogP contribution in [0.4, 0.5) is 0 Å². The molecule has 0 aliphatic rings. The van der Waals surface area contributed by atoms with Gasteiger partial charge in [0.05, 0.1) is 0 Å². The first-order valence-corrected chi connectivity index (χ1v) is 8.99. The highest BCUT2D eigenvalue weighted by Gasteiger charge is 2.06. The molecule has 1 atom stereocenters. The van der Waals surface area contributed by atoms with E-state index in [-0.39, 0.29) is 0 Å². The molecule has 1 unspecified atom stereocenters. The maximum atomic E-state index is 10.5. The molecule has 0 bridgehead atoms. The lowest BCUT2D eigenvalue weighted by Gasteiger charge is -2.14. The van der Waals surface area contributed by atoms with Crippen molar-refractivity contribution >= 4 is 11.9 Å². The fraction of sp³-hybridized carbons (Fsp3) is 0.889. The average Bonchev–Trinajstić information content (AvgIpc) is 2.47. The number of hydrogen-bond acceptors (Lipinski definition) is 2. The third-order valence-corrected chi connectivity index (χ3v) is 4.33. The summed E-state index contributed by atoms with van der Waals surface area (Å²) in [6, 6.07) is 0. The van der Waals surface area contributed by atoms with Gasteiger partial charge in [-0.3, -0.25) is 9.59 Å². The van der Waals surface area contributed by atoms with E-state index in [1.165, 1.54) is 44.9 Å². The maximum absolute atomic E-state index is 10.5. The number of carboxylic acid groups (broad SMARTS) is 2. The van der Waals surface area contributed by atoms with E-state index < -0.39 is 11.9 Å². The second-order valence-electron chi connectivity index (χ2n) is 6.32. The molecule has 0 saturated heterocycles. The number of rotatable bonds is 16. The Morgan fingerprint density at radius 1 is 0.682 bits per heavy atom. The first-order valence-electron chi connectivity index (χ1n) is 8.99. The molecular weight excluding hydrogens is 280 g/mol. The van der Waals surface area contributed by atoms with Gasteiger partial charge in [-0.1, -0.05) is 71.1 Å². The Bertz CT molecular complexity index is 289. The van der Waals surface area contributed by atoms with Gasteiger partial charge in [-0.15, -0.1) is 0 Å². The van der Waals surface area contributed by atoms with E-state index in [9.17, 15) is 9.59 Å². The molecule has 0 aromatic rings. The maximum Gasteiger partial charge on any atom is 0.303 e. The van der Waals surface area contributed by atoms with E-state index in [4.69, 9.17) is 10.2 Å². The molecule has 0 fully saturated rings. The summed E-state index contributed by atoms with van der Waals surface area (Å²) in [5.41, 5.74) is 0. The Labute approximate surface area is 135 Å². The summed E-state index contributed by atoms with van der Waals surface area (Å²) < 4.78 is 0. The van der Waals surface area contributed by atoms with Crippen molar-refractivity contribution in [1.29, 1.82) is 0 Å². The van der Waals surface area contributed by atoms with Crippen molar-refractivity contribution in [2.24, 2.45) is 5.92 Å². The minimum Gasteiger partial charge on any atom is -0.481 e. The molecule has 0 aromatic carbocycles. The summed E-state index contributed by atoms with van der Waals surface area (Å²) in [7, 11) is 0. The van der Waals surface area contributed by atoms with Crippen molar-refractivity contribution in [1.82, 2.24) is 0 Å². The van der Waals surface area contributed by atoms with E-state index in [0.29, 0.717) is 12.8 Å². The van der Waals surface area contributed by atoms with Gasteiger partial charge >= 0.3 is 11.9 Å². The van der Waals surface area contributed by atoms with Crippen LogP contribution in [0.5, 0.6) is 0 Å². The first kappa shape index (κ1) is 20.9. The van der Waals surface area contributed by atoms with E-state index in [0.717, 1.165) is 38.0 Å². The van der Waals surface area contributed by atoms with Crippen LogP contribution in [-0.4, -0.2) is 22.2 Å². The highest BCUT2D eigenvalue weighted by atomic mass is 16.4. The summed E-state index contributed by atoms with van der Waals surface area (Å²) in [4.78, 5) is 20.8. The van der Waals surface area contributed by atoms with Crippen molar-refractivity contribution in [3.63, 3.8) is 0 Å². The fourth-order valence-electron chi connectivity index (χ4n) is 2.85. The van der Waals surface area contributed by atoms with Crippen LogP contribution in [0.25, 0.3) is 0 Å². The van der Waals surface area contributed by atoms with Crippen LogP contribution in [-0.2, 0) is 9.59 Å². The Hall–Kier alpha value is -1.06. The van der Waals surface area contributed by atoms with Gasteiger partial charge in [0.1, 0.15) is 0 Å². The summed E-state index contributed by atoms with van der Waals surface area (Å²) >= 11 is 0. The lowest BCUT2D eigenvalue weighted by molar-refractivity contribution is -0.138. The lowest BCUT2D eigenvalue weighted by atomic mass is 9.92. The van der Waals surface area contributed by atoms with Crippen molar-refractivity contribution < 1.29 is 19.8 Å². The Morgan fingerprint density at radius 2 is 1.05 bits per heavy atom. The van der Waals surface area contributed by atoms with Crippen LogP contribution >= 0.6 is 0 Å². The molecule has 0 aliphatic carbocycles. The molecule has 0 rings (SSSR count).